The Morgan fingerprint density at radius 2 is 2.04 bits per heavy atom. The van der Waals surface area contributed by atoms with E-state index < -0.39 is 0 Å². The van der Waals surface area contributed by atoms with Gasteiger partial charge in [-0.2, -0.15) is 0 Å². The molecule has 1 aromatic heterocycles. The zero-order valence-electron chi connectivity index (χ0n) is 15.2. The highest BCUT2D eigenvalue weighted by atomic mass is 16.5. The van der Waals surface area contributed by atoms with Crippen LogP contribution in [0, 0.1) is 0 Å². The summed E-state index contributed by atoms with van der Waals surface area (Å²) >= 11 is 0. The van der Waals surface area contributed by atoms with E-state index in [0.717, 1.165) is 25.1 Å². The summed E-state index contributed by atoms with van der Waals surface area (Å²) in [5.41, 5.74) is 1.14. The van der Waals surface area contributed by atoms with Gasteiger partial charge in [-0.3, -0.25) is 9.88 Å². The van der Waals surface area contributed by atoms with Gasteiger partial charge in [-0.05, 0) is 50.4 Å². The van der Waals surface area contributed by atoms with Crippen LogP contribution in [0.25, 0.3) is 0 Å². The van der Waals surface area contributed by atoms with Crippen LogP contribution in [-0.4, -0.2) is 72.4 Å². The molecule has 0 spiro atoms. The SMILES string of the molecule is c1cncc(CO[C@@H]2CC[C@H]3[C@H]2OCCN3CCN2CCCCC2)c1. The third kappa shape index (κ3) is 4.40. The van der Waals surface area contributed by atoms with Gasteiger partial charge in [-0.15, -0.1) is 0 Å². The molecule has 0 radical (unpaired) electrons. The second-order valence-electron chi connectivity index (χ2n) is 7.63. The summed E-state index contributed by atoms with van der Waals surface area (Å²) in [6.07, 6.45) is 10.6. The largest absolute Gasteiger partial charge is 0.373 e. The van der Waals surface area contributed by atoms with E-state index in [0.29, 0.717) is 12.6 Å². The Hall–Kier alpha value is -1.01. The molecule has 2 aliphatic heterocycles. The predicted octanol–water partition coefficient (Wildman–Crippen LogP) is 2.32. The van der Waals surface area contributed by atoms with Crippen molar-refractivity contribution in [1.82, 2.24) is 14.8 Å². The van der Waals surface area contributed by atoms with Gasteiger partial charge in [0.25, 0.3) is 0 Å². The number of ether oxygens (including phenoxy) is 2. The Morgan fingerprint density at radius 1 is 1.12 bits per heavy atom. The lowest BCUT2D eigenvalue weighted by atomic mass is 10.1. The van der Waals surface area contributed by atoms with Gasteiger partial charge in [-0.25, -0.2) is 0 Å². The average Bonchev–Trinajstić information content (AvgIpc) is 3.10. The van der Waals surface area contributed by atoms with Crippen LogP contribution < -0.4 is 0 Å². The monoisotopic (exact) mass is 345 g/mol. The Balaban J connectivity index is 1.27. The highest BCUT2D eigenvalue weighted by Gasteiger charge is 2.43. The topological polar surface area (TPSA) is 37.8 Å². The molecule has 3 aliphatic rings. The Bertz CT molecular complexity index is 521. The molecule has 0 aromatic carbocycles. The minimum Gasteiger partial charge on any atom is -0.373 e. The van der Waals surface area contributed by atoms with Crippen LogP contribution in [0.3, 0.4) is 0 Å². The van der Waals surface area contributed by atoms with E-state index in [4.69, 9.17) is 9.47 Å². The Morgan fingerprint density at radius 3 is 2.88 bits per heavy atom. The first-order chi connectivity index (χ1) is 12.4. The van der Waals surface area contributed by atoms with Crippen LogP contribution >= 0.6 is 0 Å². The average molecular weight is 345 g/mol. The van der Waals surface area contributed by atoms with Crippen molar-refractivity contribution < 1.29 is 9.47 Å². The number of fused-ring (bicyclic) bond motifs is 1. The van der Waals surface area contributed by atoms with Gasteiger partial charge >= 0.3 is 0 Å². The van der Waals surface area contributed by atoms with Crippen molar-refractivity contribution in [2.45, 2.75) is 57.0 Å². The zero-order chi connectivity index (χ0) is 16.9. The van der Waals surface area contributed by atoms with E-state index in [1.165, 1.54) is 51.9 Å². The molecule has 1 saturated carbocycles. The van der Waals surface area contributed by atoms with Crippen LogP contribution in [-0.2, 0) is 16.1 Å². The standard InChI is InChI=1S/C20H31N3O2/c1-2-9-22(10-3-1)11-12-23-13-14-24-20-18(23)6-7-19(20)25-16-17-5-4-8-21-15-17/h4-5,8,15,18-20H,1-3,6-7,9-14,16H2/t18-,19+,20+/m0/s1. The van der Waals surface area contributed by atoms with Crippen LogP contribution in [0.5, 0.6) is 0 Å². The van der Waals surface area contributed by atoms with E-state index in [1.54, 1.807) is 6.20 Å². The van der Waals surface area contributed by atoms with Crippen molar-refractivity contribution in [3.8, 4) is 0 Å². The molecule has 5 heteroatoms. The second kappa shape index (κ2) is 8.58. The highest BCUT2D eigenvalue weighted by Crippen LogP contribution is 2.32. The lowest BCUT2D eigenvalue weighted by molar-refractivity contribution is -0.117. The highest BCUT2D eigenvalue weighted by molar-refractivity contribution is 5.07. The number of likely N-dealkylation sites (tertiary alicyclic amines) is 1. The minimum absolute atomic E-state index is 0.225. The fourth-order valence-corrected chi connectivity index (χ4v) is 4.59. The fraction of sp³-hybridized carbons (Fsp3) is 0.750. The van der Waals surface area contributed by atoms with Crippen molar-refractivity contribution in [2.24, 2.45) is 0 Å². The molecule has 25 heavy (non-hydrogen) atoms. The number of nitrogens with zero attached hydrogens (tertiary/aromatic N) is 3. The second-order valence-corrected chi connectivity index (χ2v) is 7.63. The number of hydrogen-bond donors (Lipinski definition) is 0. The number of piperidine rings is 1. The molecule has 1 aliphatic carbocycles. The van der Waals surface area contributed by atoms with Gasteiger partial charge in [-0.1, -0.05) is 12.5 Å². The molecular weight excluding hydrogens is 314 g/mol. The number of morpholine rings is 1. The van der Waals surface area contributed by atoms with E-state index >= 15 is 0 Å². The van der Waals surface area contributed by atoms with Gasteiger partial charge in [0.2, 0.25) is 0 Å². The van der Waals surface area contributed by atoms with Gasteiger partial charge in [0, 0.05) is 38.1 Å². The van der Waals surface area contributed by atoms with Crippen LogP contribution in [0.1, 0.15) is 37.7 Å². The van der Waals surface area contributed by atoms with E-state index in [1.807, 2.05) is 12.3 Å². The van der Waals surface area contributed by atoms with Gasteiger partial charge in [0.15, 0.2) is 0 Å². The maximum atomic E-state index is 6.20. The summed E-state index contributed by atoms with van der Waals surface area (Å²) in [5.74, 6) is 0. The normalized spacial score (nSPS) is 31.1. The van der Waals surface area contributed by atoms with Crippen molar-refractivity contribution in [2.75, 3.05) is 39.3 Å². The van der Waals surface area contributed by atoms with Gasteiger partial charge in [0.1, 0.15) is 0 Å². The smallest absolute Gasteiger partial charge is 0.0992 e. The first kappa shape index (κ1) is 17.4. The van der Waals surface area contributed by atoms with E-state index in [9.17, 15) is 0 Å². The third-order valence-corrected chi connectivity index (χ3v) is 5.99. The first-order valence-electron chi connectivity index (χ1n) is 9.99. The Labute approximate surface area is 151 Å². The number of hydrogen-bond acceptors (Lipinski definition) is 5. The molecule has 0 unspecified atom stereocenters. The van der Waals surface area contributed by atoms with Crippen LogP contribution in [0.15, 0.2) is 24.5 Å². The minimum atomic E-state index is 0.225. The molecule has 0 amide bonds. The molecular formula is C20H31N3O2. The molecule has 0 bridgehead atoms. The summed E-state index contributed by atoms with van der Waals surface area (Å²) in [4.78, 5) is 9.47. The van der Waals surface area contributed by atoms with Gasteiger partial charge in [0.05, 0.1) is 25.4 Å². The summed E-state index contributed by atoms with van der Waals surface area (Å²) in [6.45, 7) is 7.52. The molecule has 5 nitrogen and oxygen atoms in total. The quantitative estimate of drug-likeness (QED) is 0.791. The maximum Gasteiger partial charge on any atom is 0.0992 e. The van der Waals surface area contributed by atoms with E-state index in [2.05, 4.69) is 20.9 Å². The third-order valence-electron chi connectivity index (χ3n) is 5.99. The lowest BCUT2D eigenvalue weighted by Gasteiger charge is -2.40. The fourth-order valence-electron chi connectivity index (χ4n) is 4.59. The van der Waals surface area contributed by atoms with Crippen molar-refractivity contribution in [1.29, 1.82) is 0 Å². The van der Waals surface area contributed by atoms with Crippen molar-refractivity contribution >= 4 is 0 Å². The summed E-state index contributed by atoms with van der Waals surface area (Å²) in [5, 5.41) is 0. The van der Waals surface area contributed by atoms with Crippen LogP contribution in [0.2, 0.25) is 0 Å². The van der Waals surface area contributed by atoms with Crippen LogP contribution in [0.4, 0.5) is 0 Å². The number of pyridine rings is 1. The lowest BCUT2D eigenvalue weighted by Crippen LogP contribution is -2.53. The first-order valence-corrected chi connectivity index (χ1v) is 9.99. The molecule has 4 rings (SSSR count). The molecule has 138 valence electrons. The van der Waals surface area contributed by atoms with Crippen molar-refractivity contribution in [3.05, 3.63) is 30.1 Å². The summed E-state index contributed by atoms with van der Waals surface area (Å²) < 4.78 is 12.3. The molecule has 3 atom stereocenters. The molecule has 2 saturated heterocycles. The van der Waals surface area contributed by atoms with Gasteiger partial charge < -0.3 is 14.4 Å². The van der Waals surface area contributed by atoms with E-state index in [-0.39, 0.29) is 12.2 Å². The summed E-state index contributed by atoms with van der Waals surface area (Å²) in [6, 6.07) is 4.58. The number of rotatable bonds is 6. The molecule has 1 aromatic rings. The molecule has 0 N–H and O–H groups in total. The molecule has 3 heterocycles. The van der Waals surface area contributed by atoms with Crippen molar-refractivity contribution in [3.63, 3.8) is 0 Å². The summed E-state index contributed by atoms with van der Waals surface area (Å²) in [7, 11) is 0. The zero-order valence-corrected chi connectivity index (χ0v) is 15.2. The predicted molar refractivity (Wildman–Crippen MR) is 97.4 cm³/mol. The Kier molecular flexibility index (Phi) is 5.98. The number of aromatic nitrogens is 1. The maximum absolute atomic E-state index is 6.20. The molecule has 3 fully saturated rings.